The van der Waals surface area contributed by atoms with E-state index in [0.717, 1.165) is 21.6 Å². The lowest BCUT2D eigenvalue weighted by Gasteiger charge is -2.33. The Morgan fingerprint density at radius 1 is 0.750 bits per heavy atom. The molecular formula is C51H71N17O10S2. The number of nitrogens with one attached hydrogen (secondary N) is 14. The number of rotatable bonds is 18. The number of aromatic amines is 2. The monoisotopic (exact) mass is 1150 g/mol. The Morgan fingerprint density at radius 2 is 1.34 bits per heavy atom. The summed E-state index contributed by atoms with van der Waals surface area (Å²) in [4.78, 5) is 137. The number of H-pyrrole nitrogens is 2. The molecule has 0 aliphatic carbocycles. The maximum Gasteiger partial charge on any atom is 0.327 e. The molecule has 1 aliphatic rings. The van der Waals surface area contributed by atoms with Crippen LogP contribution in [0.5, 0.6) is 0 Å². The van der Waals surface area contributed by atoms with E-state index in [1.807, 2.05) is 6.07 Å². The third-order valence-corrected chi connectivity index (χ3v) is 16.0. The van der Waals surface area contributed by atoms with Gasteiger partial charge in [0.15, 0.2) is 11.9 Å². The summed E-state index contributed by atoms with van der Waals surface area (Å²) < 4.78 is -1.41. The van der Waals surface area contributed by atoms with Gasteiger partial charge in [-0.1, -0.05) is 70.1 Å². The fourth-order valence-electron chi connectivity index (χ4n) is 8.48. The van der Waals surface area contributed by atoms with Crippen LogP contribution in [0.15, 0.2) is 73.3 Å². The van der Waals surface area contributed by atoms with Crippen molar-refractivity contribution in [1.29, 1.82) is 10.8 Å². The molecule has 1 fully saturated rings. The summed E-state index contributed by atoms with van der Waals surface area (Å²) >= 11 is 0. The molecule has 8 amide bonds. The Kier molecular flexibility index (Phi) is 23.5. The molecule has 5 rings (SSSR count). The molecule has 19 N–H and O–H groups in total. The molecular weight excluding hydrogens is 1070 g/mol. The molecule has 1 saturated heterocycles. The van der Waals surface area contributed by atoms with E-state index in [1.165, 1.54) is 40.2 Å². The number of carboxylic acids is 1. The second kappa shape index (κ2) is 30.1. The molecule has 2 aromatic heterocycles. The van der Waals surface area contributed by atoms with Crippen LogP contribution in [0.2, 0.25) is 0 Å². The number of fused-ring (bicyclic) bond motifs is 1. The van der Waals surface area contributed by atoms with E-state index in [2.05, 4.69) is 68.1 Å². The molecule has 1 aliphatic heterocycles. The summed E-state index contributed by atoms with van der Waals surface area (Å²) in [6.07, 6.45) is 4.39. The average Bonchev–Trinajstić information content (AvgIpc) is 4.09. The number of para-hydroxylation sites is 1. The van der Waals surface area contributed by atoms with Crippen LogP contribution in [-0.2, 0) is 62.4 Å². The van der Waals surface area contributed by atoms with Gasteiger partial charge in [-0.05, 0) is 63.6 Å². The highest BCUT2D eigenvalue weighted by molar-refractivity contribution is 8.77. The van der Waals surface area contributed by atoms with Crippen LogP contribution < -0.4 is 64.6 Å². The first-order valence-electron chi connectivity index (χ1n) is 25.7. The maximum absolute atomic E-state index is 14.7. The molecule has 3 heterocycles. The van der Waals surface area contributed by atoms with E-state index in [0.29, 0.717) is 27.7 Å². The van der Waals surface area contributed by atoms with Crippen molar-refractivity contribution in [1.82, 2.24) is 68.1 Å². The largest absolute Gasteiger partial charge is 0.480 e. The van der Waals surface area contributed by atoms with Crippen molar-refractivity contribution in [3.8, 4) is 0 Å². The first-order chi connectivity index (χ1) is 38.0. The molecule has 4 aromatic rings. The Morgan fingerprint density at radius 3 is 1.98 bits per heavy atom. The van der Waals surface area contributed by atoms with Gasteiger partial charge in [0.25, 0.3) is 0 Å². The maximum atomic E-state index is 14.7. The van der Waals surface area contributed by atoms with Gasteiger partial charge in [0, 0.05) is 68.3 Å². The molecule has 0 spiro atoms. The summed E-state index contributed by atoms with van der Waals surface area (Å²) in [6.45, 7) is 5.87. The minimum atomic E-state index is -1.67. The second-order valence-corrected chi connectivity index (χ2v) is 22.5. The van der Waals surface area contributed by atoms with E-state index in [9.17, 15) is 48.3 Å². The average molecular weight is 1150 g/mol. The highest BCUT2D eigenvalue weighted by atomic mass is 33.1. The van der Waals surface area contributed by atoms with Crippen LogP contribution in [-0.4, -0.2) is 157 Å². The second-order valence-electron chi connectivity index (χ2n) is 19.5. The molecule has 80 heavy (non-hydrogen) atoms. The first kappa shape index (κ1) is 62.5. The van der Waals surface area contributed by atoms with Gasteiger partial charge < -0.3 is 79.7 Å². The number of aliphatic carboxylic acids is 1. The van der Waals surface area contributed by atoms with Gasteiger partial charge in [0.2, 0.25) is 47.3 Å². The van der Waals surface area contributed by atoms with Gasteiger partial charge >= 0.3 is 5.97 Å². The van der Waals surface area contributed by atoms with Crippen molar-refractivity contribution in [3.05, 3.63) is 90.1 Å². The zero-order valence-corrected chi connectivity index (χ0v) is 46.3. The number of aromatic nitrogens is 3. The highest BCUT2D eigenvalue weighted by Crippen LogP contribution is 2.39. The zero-order valence-electron chi connectivity index (χ0n) is 44.7. The number of carboxylic acid groups (broad SMARTS) is 1. The number of carbonyl (C=O) groups excluding carboxylic acids is 8. The Hall–Kier alpha value is -8.34. The van der Waals surface area contributed by atoms with Gasteiger partial charge in [-0.15, -0.1) is 0 Å². The zero-order chi connectivity index (χ0) is 58.5. The molecule has 0 bridgehead atoms. The standard InChI is InChI=1S/C51H71N17O10S2/c1-27-41(70)64-38(22-31-24-56-26-60-31)45(74)65-36(20-29-12-6-5-7-13-29)44(73)63-35(17-11-19-58-50(54)55)43(72)66-37(21-30-23-59-33-15-9-8-14-32(30)33)46(75)68-40(48(77)78)51(3,4)80-79-25-39(47(76)61-27)67-42(71)34(62-28(2)69)16-10-18-57-49(52)53/h5-9,12-15,23-24,26-27,34-40,59H,10-11,16-22,25H2,1-4H3,(H,56,60)(H,61,76)(H,62,69)(H,63,73)(H,64,70)(H,65,74)(H,66,72)(H,67,71)(H,68,75)(H,77,78)(H4,52,53,57)(H4,54,55,58)/t27-,34-,35+,36-,37+,38+,39+,40-/m1/s1. The van der Waals surface area contributed by atoms with Gasteiger partial charge in [0.05, 0.1) is 16.8 Å². The normalized spacial score (nSPS) is 22.1. The molecule has 0 saturated carbocycles. The minimum absolute atomic E-state index is 0.0437. The number of guanidine groups is 2. The number of carbonyl (C=O) groups is 9. The van der Waals surface area contributed by atoms with Crippen LogP contribution >= 0.6 is 21.6 Å². The quantitative estimate of drug-likeness (QED) is 0.0236. The van der Waals surface area contributed by atoms with E-state index < -0.39 is 106 Å². The van der Waals surface area contributed by atoms with Crippen LogP contribution in [0, 0.1) is 10.8 Å². The number of imidazole rings is 1. The van der Waals surface area contributed by atoms with Gasteiger partial charge in [-0.3, -0.25) is 49.2 Å². The minimum Gasteiger partial charge on any atom is -0.480 e. The Bertz CT molecular complexity index is 2830. The Balaban J connectivity index is 1.58. The summed E-state index contributed by atoms with van der Waals surface area (Å²) in [5.41, 5.74) is 13.2. The number of nitrogens with two attached hydrogens (primary N) is 2. The van der Waals surface area contributed by atoms with E-state index in [-0.39, 0.29) is 75.7 Å². The predicted octanol–water partition coefficient (Wildman–Crippen LogP) is -1.38. The molecule has 29 heteroatoms. The molecule has 432 valence electrons. The number of nitrogens with zero attached hydrogens (tertiary/aromatic N) is 1. The van der Waals surface area contributed by atoms with Crippen LogP contribution in [0.3, 0.4) is 0 Å². The lowest BCUT2D eigenvalue weighted by Crippen LogP contribution is -2.61. The van der Waals surface area contributed by atoms with E-state index in [4.69, 9.17) is 22.3 Å². The number of hydrogen-bond donors (Lipinski definition) is 17. The third-order valence-electron chi connectivity index (χ3n) is 12.7. The van der Waals surface area contributed by atoms with Crippen molar-refractivity contribution >= 4 is 97.6 Å². The molecule has 0 unspecified atom stereocenters. The summed E-state index contributed by atoms with van der Waals surface area (Å²) in [5.74, 6) is -8.93. The molecule has 0 radical (unpaired) electrons. The van der Waals surface area contributed by atoms with Gasteiger partial charge in [-0.25, -0.2) is 9.78 Å². The van der Waals surface area contributed by atoms with E-state index in [1.54, 1.807) is 54.7 Å². The fraction of sp³-hybridized carbons (Fsp3) is 0.451. The number of hydrogen-bond acceptors (Lipinski definition) is 14. The lowest BCUT2D eigenvalue weighted by atomic mass is 10.00. The van der Waals surface area contributed by atoms with Crippen molar-refractivity contribution in [3.63, 3.8) is 0 Å². The first-order valence-corrected chi connectivity index (χ1v) is 28.0. The summed E-state index contributed by atoms with van der Waals surface area (Å²) in [7, 11) is 1.91. The lowest BCUT2D eigenvalue weighted by molar-refractivity contribution is -0.143. The topological polar surface area (TPSA) is 438 Å². The third kappa shape index (κ3) is 19.5. The fourth-order valence-corrected chi connectivity index (χ4v) is 11.3. The number of benzene rings is 2. The molecule has 2 aromatic carbocycles. The van der Waals surface area contributed by atoms with Crippen LogP contribution in [0.4, 0.5) is 0 Å². The van der Waals surface area contributed by atoms with Crippen molar-refractivity contribution < 1.29 is 48.3 Å². The van der Waals surface area contributed by atoms with Crippen molar-refractivity contribution in [2.45, 2.75) is 126 Å². The summed E-state index contributed by atoms with van der Waals surface area (Å²) in [5, 5.41) is 53.1. The van der Waals surface area contributed by atoms with Crippen molar-refractivity contribution in [2.24, 2.45) is 11.5 Å². The molecule has 27 nitrogen and oxygen atoms in total. The predicted molar refractivity (Wildman–Crippen MR) is 301 cm³/mol. The SMILES string of the molecule is CC(=O)N[C@H](CCCNC(=N)N)C(=O)N[C@H]1CSSC(C)(C)[C@@H](C(=O)O)NC(=O)[C@H](Cc2c[nH]c3ccccc23)NC(=O)[C@H](CCCNC(=N)N)NC(=O)[C@@H](Cc2ccccc2)NC(=O)[C@H](Cc2c[nH]cn2)NC(=O)[C@@H](C)NC1=O. The van der Waals surface area contributed by atoms with E-state index >= 15 is 0 Å². The smallest absolute Gasteiger partial charge is 0.327 e. The number of amides is 8. The Labute approximate surface area is 469 Å². The molecule has 8 atom stereocenters. The van der Waals surface area contributed by atoms with Crippen molar-refractivity contribution in [2.75, 3.05) is 18.8 Å². The van der Waals surface area contributed by atoms with Gasteiger partial charge in [0.1, 0.15) is 48.3 Å². The van der Waals surface area contributed by atoms with Gasteiger partial charge in [-0.2, -0.15) is 0 Å². The summed E-state index contributed by atoms with van der Waals surface area (Å²) in [6, 6.07) is 4.42. The van der Waals surface area contributed by atoms with Crippen LogP contribution in [0.25, 0.3) is 10.9 Å². The van der Waals surface area contributed by atoms with Crippen LogP contribution in [0.1, 0.15) is 70.2 Å². The highest BCUT2D eigenvalue weighted by Gasteiger charge is 2.41.